The van der Waals surface area contributed by atoms with Gasteiger partial charge in [-0.25, -0.2) is 9.37 Å². The van der Waals surface area contributed by atoms with Gasteiger partial charge in [-0.2, -0.15) is 0 Å². The van der Waals surface area contributed by atoms with E-state index in [9.17, 15) is 9.18 Å². The zero-order valence-corrected chi connectivity index (χ0v) is 13.0. The first-order valence-corrected chi connectivity index (χ1v) is 7.63. The third-order valence-electron chi connectivity index (χ3n) is 2.67. The van der Waals surface area contributed by atoms with Gasteiger partial charge in [0.05, 0.1) is 4.88 Å². The number of carbonyl (C=O) groups is 1. The number of hydrogen-bond acceptors (Lipinski definition) is 3. The molecule has 1 N–H and O–H groups in total. The first-order chi connectivity index (χ1) is 9.61. The van der Waals surface area contributed by atoms with Gasteiger partial charge in [0.1, 0.15) is 11.6 Å². The van der Waals surface area contributed by atoms with Crippen molar-refractivity contribution in [2.24, 2.45) is 0 Å². The fourth-order valence-electron chi connectivity index (χ4n) is 1.74. The molecule has 2 aromatic heterocycles. The Morgan fingerprint density at radius 2 is 2.10 bits per heavy atom. The lowest BCUT2D eigenvalue weighted by molar-refractivity contribution is 0.103. The van der Waals surface area contributed by atoms with Crippen LogP contribution >= 0.6 is 33.9 Å². The number of fused-ring (bicyclic) bond motifs is 1. The van der Waals surface area contributed by atoms with Crippen LogP contribution in [-0.2, 0) is 0 Å². The van der Waals surface area contributed by atoms with Crippen LogP contribution in [0.5, 0.6) is 0 Å². The number of pyridine rings is 1. The van der Waals surface area contributed by atoms with E-state index < -0.39 is 0 Å². The van der Waals surface area contributed by atoms with Crippen molar-refractivity contribution < 1.29 is 9.18 Å². The van der Waals surface area contributed by atoms with Crippen LogP contribution in [0.2, 0.25) is 0 Å². The second kappa shape index (κ2) is 5.45. The van der Waals surface area contributed by atoms with Crippen LogP contribution in [0.15, 0.2) is 42.6 Å². The predicted octanol–water partition coefficient (Wildman–Crippen LogP) is 4.29. The third-order valence-corrected chi connectivity index (χ3v) is 4.41. The Hall–Kier alpha value is -1.54. The number of aromatic nitrogens is 1. The van der Waals surface area contributed by atoms with Crippen LogP contribution in [-0.4, -0.2) is 10.9 Å². The van der Waals surface area contributed by atoms with Crippen molar-refractivity contribution in [1.82, 2.24) is 4.98 Å². The van der Waals surface area contributed by atoms with Gasteiger partial charge in [-0.05, 0) is 58.3 Å². The summed E-state index contributed by atoms with van der Waals surface area (Å²) in [4.78, 5) is 16.8. The predicted molar refractivity (Wildman–Crippen MR) is 86.7 cm³/mol. The van der Waals surface area contributed by atoms with Crippen molar-refractivity contribution in [1.29, 1.82) is 0 Å². The maximum Gasteiger partial charge on any atom is 0.266 e. The van der Waals surface area contributed by atoms with Crippen molar-refractivity contribution >= 4 is 55.7 Å². The summed E-state index contributed by atoms with van der Waals surface area (Å²) < 4.78 is 14.9. The minimum Gasteiger partial charge on any atom is -0.306 e. The molecule has 0 atom stereocenters. The zero-order valence-electron chi connectivity index (χ0n) is 10.1. The number of hydrogen-bond donors (Lipinski definition) is 1. The topological polar surface area (TPSA) is 42.0 Å². The molecule has 0 aliphatic rings. The summed E-state index contributed by atoms with van der Waals surface area (Å²) in [6.07, 6.45) is 1.68. The van der Waals surface area contributed by atoms with Crippen LogP contribution in [0.25, 0.3) is 10.1 Å². The average Bonchev–Trinajstić information content (AvgIpc) is 2.84. The molecule has 0 spiro atoms. The highest BCUT2D eigenvalue weighted by Crippen LogP contribution is 2.26. The van der Waals surface area contributed by atoms with Crippen LogP contribution in [0.4, 0.5) is 10.2 Å². The van der Waals surface area contributed by atoms with Gasteiger partial charge in [-0.3, -0.25) is 4.79 Å². The summed E-state index contributed by atoms with van der Waals surface area (Å²) in [6.45, 7) is 0. The first-order valence-electron chi connectivity index (χ1n) is 5.74. The molecule has 1 amide bonds. The van der Waals surface area contributed by atoms with Gasteiger partial charge in [-0.1, -0.05) is 6.07 Å². The summed E-state index contributed by atoms with van der Waals surface area (Å²) in [6, 6.07) is 9.84. The Kier molecular flexibility index (Phi) is 3.66. The second-order valence-electron chi connectivity index (χ2n) is 4.11. The normalized spacial score (nSPS) is 10.7. The number of nitrogens with one attached hydrogen (secondary N) is 1. The number of rotatable bonds is 2. The molecular formula is C14H8FIN2OS. The van der Waals surface area contributed by atoms with Crippen LogP contribution in [0, 0.1) is 9.39 Å². The molecule has 0 saturated carbocycles. The highest BCUT2D eigenvalue weighted by Gasteiger charge is 2.11. The number of anilines is 1. The van der Waals surface area contributed by atoms with E-state index in [1.54, 1.807) is 24.4 Å². The van der Waals surface area contributed by atoms with E-state index in [2.05, 4.69) is 32.9 Å². The number of halogens is 2. The van der Waals surface area contributed by atoms with Crippen LogP contribution in [0.3, 0.4) is 0 Å². The highest BCUT2D eigenvalue weighted by molar-refractivity contribution is 14.1. The molecule has 2 heterocycles. The lowest BCUT2D eigenvalue weighted by atomic mass is 10.2. The smallest absolute Gasteiger partial charge is 0.266 e. The number of benzene rings is 1. The Bertz CT molecular complexity index is 785. The molecule has 0 fully saturated rings. The largest absolute Gasteiger partial charge is 0.306 e. The van der Waals surface area contributed by atoms with Gasteiger partial charge in [0.15, 0.2) is 0 Å². The summed E-state index contributed by atoms with van der Waals surface area (Å²) in [5.74, 6) is -0.0371. The average molecular weight is 398 g/mol. The fourth-order valence-corrected chi connectivity index (χ4v) is 3.05. The van der Waals surface area contributed by atoms with Gasteiger partial charge in [0.2, 0.25) is 0 Å². The molecule has 0 bridgehead atoms. The van der Waals surface area contributed by atoms with E-state index in [4.69, 9.17) is 0 Å². The third kappa shape index (κ3) is 2.80. The number of thiophene rings is 1. The molecule has 0 unspecified atom stereocenters. The Labute approximate surface area is 132 Å². The van der Waals surface area contributed by atoms with Crippen molar-refractivity contribution in [3.8, 4) is 0 Å². The molecule has 3 aromatic rings. The summed E-state index contributed by atoms with van der Waals surface area (Å²) in [5.41, 5.74) is 0. The molecule has 0 radical (unpaired) electrons. The van der Waals surface area contributed by atoms with Gasteiger partial charge in [0.25, 0.3) is 5.91 Å². The number of nitrogens with zero attached hydrogens (tertiary/aromatic N) is 1. The quantitative estimate of drug-likeness (QED) is 0.655. The molecular weight excluding hydrogens is 390 g/mol. The SMILES string of the molecule is O=C(Nc1ccc(I)cn1)c1cc2ccc(F)cc2s1. The van der Waals surface area contributed by atoms with Gasteiger partial charge in [0, 0.05) is 14.5 Å². The lowest BCUT2D eigenvalue weighted by Crippen LogP contribution is -2.11. The van der Waals surface area contributed by atoms with E-state index in [0.29, 0.717) is 10.7 Å². The molecule has 20 heavy (non-hydrogen) atoms. The molecule has 1 aromatic carbocycles. The van der Waals surface area contributed by atoms with E-state index in [-0.39, 0.29) is 11.7 Å². The van der Waals surface area contributed by atoms with Crippen molar-refractivity contribution in [2.75, 3.05) is 5.32 Å². The molecule has 6 heteroatoms. The first kappa shape index (κ1) is 13.4. The molecule has 0 aliphatic heterocycles. The van der Waals surface area contributed by atoms with Crippen molar-refractivity contribution in [3.05, 3.63) is 56.9 Å². The van der Waals surface area contributed by atoms with E-state index in [1.165, 1.54) is 23.5 Å². The van der Waals surface area contributed by atoms with Crippen molar-refractivity contribution in [2.45, 2.75) is 0 Å². The van der Waals surface area contributed by atoms with Crippen molar-refractivity contribution in [3.63, 3.8) is 0 Å². The fraction of sp³-hybridized carbons (Fsp3) is 0. The standard InChI is InChI=1S/C14H8FIN2OS/c15-9-2-1-8-5-12(20-11(8)6-9)14(19)18-13-4-3-10(16)7-17-13/h1-7H,(H,17,18,19). The number of carbonyl (C=O) groups excluding carboxylic acids is 1. The molecule has 0 saturated heterocycles. The Balaban J connectivity index is 1.86. The minimum absolute atomic E-state index is 0.236. The maximum atomic E-state index is 13.1. The summed E-state index contributed by atoms with van der Waals surface area (Å²) >= 11 is 3.41. The van der Waals surface area contributed by atoms with E-state index in [1.807, 2.05) is 6.07 Å². The van der Waals surface area contributed by atoms with Gasteiger partial charge < -0.3 is 5.32 Å². The van der Waals surface area contributed by atoms with Crippen LogP contribution in [0.1, 0.15) is 9.67 Å². The van der Waals surface area contributed by atoms with Gasteiger partial charge in [-0.15, -0.1) is 11.3 Å². The Morgan fingerprint density at radius 3 is 2.85 bits per heavy atom. The molecule has 100 valence electrons. The second-order valence-corrected chi connectivity index (χ2v) is 6.44. The zero-order chi connectivity index (χ0) is 14.1. The van der Waals surface area contributed by atoms with E-state index >= 15 is 0 Å². The molecule has 3 rings (SSSR count). The monoisotopic (exact) mass is 398 g/mol. The lowest BCUT2D eigenvalue weighted by Gasteiger charge is -2.01. The summed E-state index contributed by atoms with van der Waals surface area (Å²) in [5, 5.41) is 3.58. The molecule has 0 aliphatic carbocycles. The number of amides is 1. The summed E-state index contributed by atoms with van der Waals surface area (Å²) in [7, 11) is 0. The van der Waals surface area contributed by atoms with Gasteiger partial charge >= 0.3 is 0 Å². The Morgan fingerprint density at radius 1 is 1.25 bits per heavy atom. The molecule has 3 nitrogen and oxygen atoms in total. The minimum atomic E-state index is -0.300. The van der Waals surface area contributed by atoms with E-state index in [0.717, 1.165) is 13.7 Å². The maximum absolute atomic E-state index is 13.1. The highest BCUT2D eigenvalue weighted by atomic mass is 127. The van der Waals surface area contributed by atoms with Crippen LogP contribution < -0.4 is 5.32 Å².